The van der Waals surface area contributed by atoms with E-state index in [0.29, 0.717) is 11.6 Å². The van der Waals surface area contributed by atoms with Gasteiger partial charge in [-0.15, -0.1) is 11.6 Å². The van der Waals surface area contributed by atoms with Crippen molar-refractivity contribution in [3.63, 3.8) is 0 Å². The lowest BCUT2D eigenvalue weighted by Gasteiger charge is -2.19. The van der Waals surface area contributed by atoms with Crippen molar-refractivity contribution in [2.45, 2.75) is 26.2 Å². The third kappa shape index (κ3) is 5.15. The Balaban J connectivity index is 2.95. The Labute approximate surface area is 129 Å². The van der Waals surface area contributed by atoms with Gasteiger partial charge in [0.2, 0.25) is 0 Å². The van der Waals surface area contributed by atoms with E-state index >= 15 is 0 Å². The number of anilines is 1. The standard InChI is InChI=1S/C14H19ClN4O2/c1-3-10(2)11-4-6-12(7-5-11)19(9-8-15)14(21)18-17-13(16)20/h4-7,10H,3,8-9H2,1-2H3,(H2,16,20). The van der Waals surface area contributed by atoms with Crippen LogP contribution < -0.4 is 10.6 Å². The Morgan fingerprint density at radius 3 is 2.38 bits per heavy atom. The van der Waals surface area contributed by atoms with Crippen molar-refractivity contribution in [1.82, 2.24) is 0 Å². The summed E-state index contributed by atoms with van der Waals surface area (Å²) in [5, 5.41) is 6.31. The highest BCUT2D eigenvalue weighted by Gasteiger charge is 2.15. The molecule has 0 radical (unpaired) electrons. The maximum Gasteiger partial charge on any atom is 0.366 e. The van der Waals surface area contributed by atoms with Gasteiger partial charge in [-0.05, 0) is 30.0 Å². The zero-order chi connectivity index (χ0) is 15.8. The Kier molecular flexibility index (Phi) is 6.81. The second-order valence-electron chi connectivity index (χ2n) is 4.56. The number of primary amides is 1. The van der Waals surface area contributed by atoms with Gasteiger partial charge >= 0.3 is 12.1 Å². The second-order valence-corrected chi connectivity index (χ2v) is 4.94. The number of alkyl halides is 1. The highest BCUT2D eigenvalue weighted by molar-refractivity contribution is 6.18. The first-order valence-electron chi connectivity index (χ1n) is 6.68. The zero-order valence-electron chi connectivity index (χ0n) is 12.1. The van der Waals surface area contributed by atoms with E-state index in [4.69, 9.17) is 17.3 Å². The number of benzene rings is 1. The van der Waals surface area contributed by atoms with Gasteiger partial charge in [0.1, 0.15) is 0 Å². The molecular formula is C14H19ClN4O2. The van der Waals surface area contributed by atoms with Crippen LogP contribution in [0.1, 0.15) is 31.7 Å². The summed E-state index contributed by atoms with van der Waals surface area (Å²) in [6.45, 7) is 4.52. The number of hydrogen-bond donors (Lipinski definition) is 1. The molecule has 4 amide bonds. The summed E-state index contributed by atoms with van der Waals surface area (Å²) in [6, 6.07) is 5.89. The van der Waals surface area contributed by atoms with Gasteiger partial charge in [0.15, 0.2) is 0 Å². The van der Waals surface area contributed by atoms with E-state index in [-0.39, 0.29) is 12.4 Å². The van der Waals surface area contributed by atoms with Gasteiger partial charge in [0.25, 0.3) is 0 Å². The average molecular weight is 311 g/mol. The number of urea groups is 2. The van der Waals surface area contributed by atoms with Crippen LogP contribution in [-0.2, 0) is 0 Å². The molecule has 2 N–H and O–H groups in total. The fourth-order valence-electron chi connectivity index (χ4n) is 1.78. The van der Waals surface area contributed by atoms with E-state index in [0.717, 1.165) is 6.42 Å². The van der Waals surface area contributed by atoms with Gasteiger partial charge in [-0.25, -0.2) is 9.59 Å². The van der Waals surface area contributed by atoms with Crippen LogP contribution in [0, 0.1) is 0 Å². The van der Waals surface area contributed by atoms with Crippen molar-refractivity contribution in [1.29, 1.82) is 0 Å². The molecule has 1 atom stereocenters. The van der Waals surface area contributed by atoms with Crippen molar-refractivity contribution >= 4 is 29.4 Å². The van der Waals surface area contributed by atoms with Gasteiger partial charge in [-0.2, -0.15) is 0 Å². The van der Waals surface area contributed by atoms with Crippen LogP contribution in [0.25, 0.3) is 0 Å². The van der Waals surface area contributed by atoms with Crippen LogP contribution in [0.4, 0.5) is 15.3 Å². The van der Waals surface area contributed by atoms with Crippen LogP contribution in [-0.4, -0.2) is 24.5 Å². The fraction of sp³-hybridized carbons (Fsp3) is 0.429. The highest BCUT2D eigenvalue weighted by Crippen LogP contribution is 2.23. The molecule has 0 saturated heterocycles. The van der Waals surface area contributed by atoms with E-state index < -0.39 is 12.1 Å². The van der Waals surface area contributed by atoms with Crippen molar-refractivity contribution in [3.05, 3.63) is 29.8 Å². The Morgan fingerprint density at radius 2 is 1.90 bits per heavy atom. The lowest BCUT2D eigenvalue weighted by Crippen LogP contribution is -2.30. The molecule has 1 unspecified atom stereocenters. The van der Waals surface area contributed by atoms with Crippen LogP contribution >= 0.6 is 11.6 Å². The minimum atomic E-state index is -1.01. The minimum absolute atomic E-state index is 0.241. The molecule has 0 saturated carbocycles. The Hall–Kier alpha value is -1.95. The molecule has 21 heavy (non-hydrogen) atoms. The molecule has 6 nitrogen and oxygen atoms in total. The van der Waals surface area contributed by atoms with E-state index in [2.05, 4.69) is 24.1 Å². The number of hydrogen-bond acceptors (Lipinski definition) is 2. The molecule has 7 heteroatoms. The molecule has 114 valence electrons. The van der Waals surface area contributed by atoms with E-state index in [1.54, 1.807) is 0 Å². The van der Waals surface area contributed by atoms with Gasteiger partial charge in [-0.1, -0.05) is 36.2 Å². The summed E-state index contributed by atoms with van der Waals surface area (Å²) < 4.78 is 0. The maximum absolute atomic E-state index is 11.9. The third-order valence-electron chi connectivity index (χ3n) is 3.16. The summed E-state index contributed by atoms with van der Waals surface area (Å²) in [6.07, 6.45) is 1.04. The zero-order valence-corrected chi connectivity index (χ0v) is 12.9. The maximum atomic E-state index is 11.9. The molecule has 0 aromatic heterocycles. The lowest BCUT2D eigenvalue weighted by atomic mass is 9.98. The number of amides is 4. The fourth-order valence-corrected chi connectivity index (χ4v) is 1.95. The third-order valence-corrected chi connectivity index (χ3v) is 3.33. The topological polar surface area (TPSA) is 88.1 Å². The van der Waals surface area contributed by atoms with Crippen molar-refractivity contribution in [2.75, 3.05) is 17.3 Å². The predicted molar refractivity (Wildman–Crippen MR) is 83.0 cm³/mol. The summed E-state index contributed by atoms with van der Waals surface area (Å²) in [4.78, 5) is 23.8. The smallest absolute Gasteiger partial charge is 0.348 e. The molecule has 0 spiro atoms. The quantitative estimate of drug-likeness (QED) is 0.660. The van der Waals surface area contributed by atoms with Gasteiger partial charge in [0, 0.05) is 18.1 Å². The number of azo groups is 1. The summed E-state index contributed by atoms with van der Waals surface area (Å²) >= 11 is 5.70. The largest absolute Gasteiger partial charge is 0.366 e. The molecule has 0 aliphatic heterocycles. The summed E-state index contributed by atoms with van der Waals surface area (Å²) in [7, 11) is 0. The number of carbonyl (C=O) groups is 2. The lowest BCUT2D eigenvalue weighted by molar-refractivity contribution is 0.248. The number of halogens is 1. The summed E-state index contributed by atoms with van der Waals surface area (Å²) in [5.74, 6) is 0.691. The molecule has 1 aromatic rings. The molecule has 1 rings (SSSR count). The second kappa shape index (κ2) is 8.36. The highest BCUT2D eigenvalue weighted by atomic mass is 35.5. The molecule has 0 fully saturated rings. The minimum Gasteiger partial charge on any atom is -0.348 e. The average Bonchev–Trinajstić information content (AvgIpc) is 2.49. The molecule has 0 heterocycles. The van der Waals surface area contributed by atoms with Crippen LogP contribution in [0.2, 0.25) is 0 Å². The van der Waals surface area contributed by atoms with Crippen LogP contribution in [0.3, 0.4) is 0 Å². The molecule has 0 bridgehead atoms. The normalized spacial score (nSPS) is 12.3. The van der Waals surface area contributed by atoms with Crippen molar-refractivity contribution < 1.29 is 9.59 Å². The van der Waals surface area contributed by atoms with Crippen molar-refractivity contribution in [3.8, 4) is 0 Å². The number of carbonyl (C=O) groups excluding carboxylic acids is 2. The Morgan fingerprint density at radius 1 is 1.29 bits per heavy atom. The SMILES string of the molecule is CCC(C)c1ccc(N(CCCl)C(=O)N=NC(N)=O)cc1. The molecule has 1 aromatic carbocycles. The number of nitrogens with two attached hydrogens (primary N) is 1. The van der Waals surface area contributed by atoms with E-state index in [1.807, 2.05) is 24.3 Å². The first-order valence-corrected chi connectivity index (χ1v) is 7.21. The van der Waals surface area contributed by atoms with Crippen molar-refractivity contribution in [2.24, 2.45) is 16.0 Å². The van der Waals surface area contributed by atoms with Gasteiger partial charge in [-0.3, -0.25) is 4.90 Å². The number of rotatable bonds is 5. The molecular weight excluding hydrogens is 292 g/mol. The first-order chi connectivity index (χ1) is 9.99. The number of nitrogens with zero attached hydrogens (tertiary/aromatic N) is 3. The van der Waals surface area contributed by atoms with Gasteiger partial charge in [0.05, 0.1) is 0 Å². The summed E-state index contributed by atoms with van der Waals surface area (Å²) in [5.41, 5.74) is 6.67. The van der Waals surface area contributed by atoms with Crippen LogP contribution in [0.15, 0.2) is 34.5 Å². The van der Waals surface area contributed by atoms with Gasteiger partial charge < -0.3 is 5.73 Å². The Bertz CT molecular complexity index is 516. The van der Waals surface area contributed by atoms with E-state index in [9.17, 15) is 9.59 Å². The van der Waals surface area contributed by atoms with Crippen LogP contribution in [0.5, 0.6) is 0 Å². The predicted octanol–water partition coefficient (Wildman–Crippen LogP) is 3.90. The monoisotopic (exact) mass is 310 g/mol. The first kappa shape index (κ1) is 17.1. The molecule has 0 aliphatic carbocycles. The molecule has 0 aliphatic rings. The van der Waals surface area contributed by atoms with E-state index in [1.165, 1.54) is 10.5 Å².